The highest BCUT2D eigenvalue weighted by Gasteiger charge is 2.37. The zero-order valence-electron chi connectivity index (χ0n) is 13.5. The molecule has 0 spiro atoms. The van der Waals surface area contributed by atoms with Crippen LogP contribution >= 0.6 is 0 Å². The van der Waals surface area contributed by atoms with Crippen LogP contribution in [0.1, 0.15) is 61.1 Å². The first-order chi connectivity index (χ1) is 11.0. The van der Waals surface area contributed by atoms with E-state index in [1.807, 2.05) is 18.2 Å². The zero-order chi connectivity index (χ0) is 16.4. The van der Waals surface area contributed by atoms with Gasteiger partial charge in [-0.1, -0.05) is 30.3 Å². The molecule has 1 fully saturated rings. The van der Waals surface area contributed by atoms with Crippen LogP contribution in [0.3, 0.4) is 0 Å². The molecule has 1 unspecified atom stereocenters. The van der Waals surface area contributed by atoms with Gasteiger partial charge < -0.3 is 4.42 Å². The number of benzene rings is 1. The molecular weight excluding hydrogens is 312 g/mol. The van der Waals surface area contributed by atoms with Crippen molar-refractivity contribution in [1.29, 1.82) is 0 Å². The van der Waals surface area contributed by atoms with Crippen LogP contribution in [0.4, 0.5) is 0 Å². The number of hydrogen-bond acceptors (Lipinski definition) is 5. The van der Waals surface area contributed by atoms with Crippen molar-refractivity contribution in [3.05, 3.63) is 47.7 Å². The molecule has 1 aromatic heterocycles. The van der Waals surface area contributed by atoms with Crippen LogP contribution in [-0.2, 0) is 9.84 Å². The third-order valence-electron chi connectivity index (χ3n) is 4.79. The molecule has 0 amide bonds. The fourth-order valence-electron chi connectivity index (χ4n) is 3.36. The fraction of sp³-hybridized carbons (Fsp3) is 0.529. The number of aromatic nitrogens is 2. The molecule has 1 aliphatic carbocycles. The lowest BCUT2D eigenvalue weighted by Gasteiger charge is -2.29. The quantitative estimate of drug-likeness (QED) is 0.854. The van der Waals surface area contributed by atoms with Crippen LogP contribution in [0.5, 0.6) is 0 Å². The Labute approximate surface area is 137 Å². The first kappa shape index (κ1) is 16.2. The molecule has 5 nitrogen and oxygen atoms in total. The fourth-order valence-corrected chi connectivity index (χ4v) is 5.24. The highest BCUT2D eigenvalue weighted by Crippen LogP contribution is 2.38. The number of rotatable bonds is 4. The van der Waals surface area contributed by atoms with Gasteiger partial charge in [0.05, 0.1) is 5.25 Å². The lowest BCUT2D eigenvalue weighted by atomic mass is 9.84. The molecule has 23 heavy (non-hydrogen) atoms. The number of sulfone groups is 1. The molecule has 6 heteroatoms. The molecule has 0 aliphatic heterocycles. The highest BCUT2D eigenvalue weighted by molar-refractivity contribution is 7.92. The van der Waals surface area contributed by atoms with E-state index in [0.29, 0.717) is 24.7 Å². The van der Waals surface area contributed by atoms with Gasteiger partial charge in [-0.2, -0.15) is 0 Å². The Hall–Kier alpha value is -1.69. The minimum Gasteiger partial charge on any atom is -0.424 e. The van der Waals surface area contributed by atoms with Crippen LogP contribution in [-0.4, -0.2) is 23.9 Å². The summed E-state index contributed by atoms with van der Waals surface area (Å²) in [4.78, 5) is 0. The molecule has 1 saturated carbocycles. The second kappa shape index (κ2) is 6.43. The molecular formula is C17H22N2O3S. The van der Waals surface area contributed by atoms with E-state index in [2.05, 4.69) is 22.3 Å². The summed E-state index contributed by atoms with van der Waals surface area (Å²) in [6.45, 7) is 3.31. The summed E-state index contributed by atoms with van der Waals surface area (Å²) >= 11 is 0. The molecule has 3 rings (SSSR count). The summed E-state index contributed by atoms with van der Waals surface area (Å²) in [7, 11) is -3.30. The summed E-state index contributed by atoms with van der Waals surface area (Å²) in [6, 6.07) is 10.3. The van der Waals surface area contributed by atoms with Crippen molar-refractivity contribution < 1.29 is 12.8 Å². The Morgan fingerprint density at radius 2 is 1.74 bits per heavy atom. The van der Waals surface area contributed by atoms with Gasteiger partial charge in [0.1, 0.15) is 5.25 Å². The van der Waals surface area contributed by atoms with Gasteiger partial charge in [-0.15, -0.1) is 10.2 Å². The lowest BCUT2D eigenvalue weighted by molar-refractivity contribution is 0.424. The predicted molar refractivity (Wildman–Crippen MR) is 87.8 cm³/mol. The molecule has 124 valence electrons. The Balaban J connectivity index is 1.69. The number of aryl methyl sites for hydroxylation is 1. The average Bonchev–Trinajstić information content (AvgIpc) is 3.01. The number of hydrogen-bond donors (Lipinski definition) is 0. The maximum atomic E-state index is 12.8. The Morgan fingerprint density at radius 3 is 2.30 bits per heavy atom. The van der Waals surface area contributed by atoms with Crippen LogP contribution in [0.2, 0.25) is 0 Å². The van der Waals surface area contributed by atoms with Crippen molar-refractivity contribution in [3.8, 4) is 0 Å². The van der Waals surface area contributed by atoms with Crippen molar-refractivity contribution in [3.63, 3.8) is 0 Å². The lowest BCUT2D eigenvalue weighted by Crippen LogP contribution is -2.29. The predicted octanol–water partition coefficient (Wildman–Crippen LogP) is 3.58. The van der Waals surface area contributed by atoms with Crippen LogP contribution in [0.15, 0.2) is 34.7 Å². The van der Waals surface area contributed by atoms with E-state index in [1.165, 1.54) is 5.56 Å². The first-order valence-corrected chi connectivity index (χ1v) is 9.67. The van der Waals surface area contributed by atoms with Crippen molar-refractivity contribution in [2.45, 2.75) is 55.9 Å². The van der Waals surface area contributed by atoms with E-state index in [0.717, 1.165) is 12.8 Å². The van der Waals surface area contributed by atoms with Crippen molar-refractivity contribution in [1.82, 2.24) is 10.2 Å². The van der Waals surface area contributed by atoms with Gasteiger partial charge in [-0.3, -0.25) is 0 Å². The van der Waals surface area contributed by atoms with E-state index in [4.69, 9.17) is 4.42 Å². The minimum atomic E-state index is -3.30. The van der Waals surface area contributed by atoms with Crippen molar-refractivity contribution >= 4 is 9.84 Å². The summed E-state index contributed by atoms with van der Waals surface area (Å²) in [6.07, 6.45) is 3.20. The van der Waals surface area contributed by atoms with E-state index in [1.54, 1.807) is 13.8 Å². The van der Waals surface area contributed by atoms with Gasteiger partial charge in [-0.25, -0.2) is 8.42 Å². The number of nitrogens with zero attached hydrogens (tertiary/aromatic N) is 2. The van der Waals surface area contributed by atoms with E-state index in [-0.39, 0.29) is 11.1 Å². The van der Waals surface area contributed by atoms with Crippen molar-refractivity contribution in [2.75, 3.05) is 0 Å². The first-order valence-electron chi connectivity index (χ1n) is 8.06. The normalized spacial score (nSPS) is 23.6. The second-order valence-electron chi connectivity index (χ2n) is 6.27. The molecule has 1 aromatic carbocycles. The largest absolute Gasteiger partial charge is 0.424 e. The summed E-state index contributed by atoms with van der Waals surface area (Å²) in [5, 5.41) is 6.56. The summed E-state index contributed by atoms with van der Waals surface area (Å²) in [5.41, 5.74) is 1.31. The van der Waals surface area contributed by atoms with Crippen LogP contribution in [0, 0.1) is 6.92 Å². The van der Waals surface area contributed by atoms with Crippen LogP contribution in [0.25, 0.3) is 0 Å². The third-order valence-corrected chi connectivity index (χ3v) is 7.38. The highest BCUT2D eigenvalue weighted by atomic mass is 32.2. The van der Waals surface area contributed by atoms with E-state index in [9.17, 15) is 8.42 Å². The monoisotopic (exact) mass is 334 g/mol. The topological polar surface area (TPSA) is 73.1 Å². The standard InChI is InChI=1S/C17H22N2O3S/c1-12(17-19-18-13(2)22-17)23(20,21)16-10-8-15(9-11-16)14-6-4-3-5-7-14/h3-7,12,15-16H,8-11H2,1-2H3. The second-order valence-corrected chi connectivity index (χ2v) is 8.83. The Kier molecular flexibility index (Phi) is 4.53. The third kappa shape index (κ3) is 3.32. The van der Waals surface area contributed by atoms with Gasteiger partial charge in [0.25, 0.3) is 0 Å². The molecule has 1 heterocycles. The Morgan fingerprint density at radius 1 is 1.09 bits per heavy atom. The molecule has 0 bridgehead atoms. The molecule has 1 aliphatic rings. The van der Waals surface area contributed by atoms with Gasteiger partial charge in [0, 0.05) is 6.92 Å². The van der Waals surface area contributed by atoms with E-state index < -0.39 is 15.1 Å². The molecule has 0 radical (unpaired) electrons. The molecule has 0 N–H and O–H groups in total. The van der Waals surface area contributed by atoms with Crippen LogP contribution < -0.4 is 0 Å². The smallest absolute Gasteiger partial charge is 0.234 e. The maximum Gasteiger partial charge on any atom is 0.234 e. The SMILES string of the molecule is Cc1nnc(C(C)S(=O)(=O)C2CCC(c3ccccc3)CC2)o1. The molecule has 1 atom stereocenters. The van der Waals surface area contributed by atoms with Gasteiger partial charge >= 0.3 is 0 Å². The summed E-state index contributed by atoms with van der Waals surface area (Å²) in [5.74, 6) is 1.06. The maximum absolute atomic E-state index is 12.8. The minimum absolute atomic E-state index is 0.202. The zero-order valence-corrected chi connectivity index (χ0v) is 14.3. The Bertz CT molecular complexity index is 747. The van der Waals surface area contributed by atoms with Gasteiger partial charge in [0.2, 0.25) is 11.8 Å². The van der Waals surface area contributed by atoms with E-state index >= 15 is 0 Å². The molecule has 2 aromatic rings. The van der Waals surface area contributed by atoms with Gasteiger partial charge in [-0.05, 0) is 44.1 Å². The summed E-state index contributed by atoms with van der Waals surface area (Å²) < 4.78 is 30.9. The average molecular weight is 334 g/mol. The van der Waals surface area contributed by atoms with Gasteiger partial charge in [0.15, 0.2) is 9.84 Å². The molecule has 0 saturated heterocycles. The van der Waals surface area contributed by atoms with Crippen molar-refractivity contribution in [2.24, 2.45) is 0 Å².